The molecule has 4 atom stereocenters. The van der Waals surface area contributed by atoms with Gasteiger partial charge in [-0.05, 0) is 88.3 Å². The largest absolute Gasteiger partial charge is 0.497 e. The summed E-state index contributed by atoms with van der Waals surface area (Å²) in [5, 5.41) is 30.9. The van der Waals surface area contributed by atoms with Gasteiger partial charge in [-0.15, -0.1) is 0 Å². The first kappa shape index (κ1) is 26.8. The van der Waals surface area contributed by atoms with E-state index in [0.29, 0.717) is 17.3 Å². The zero-order valence-corrected chi connectivity index (χ0v) is 22.2. The fourth-order valence-electron chi connectivity index (χ4n) is 6.65. The van der Waals surface area contributed by atoms with E-state index in [2.05, 4.69) is 4.90 Å². The molecule has 3 N–H and O–H groups in total. The summed E-state index contributed by atoms with van der Waals surface area (Å²) in [6.07, 6.45) is 3.38. The van der Waals surface area contributed by atoms with Crippen molar-refractivity contribution >= 4 is 11.9 Å². The summed E-state index contributed by atoms with van der Waals surface area (Å²) in [6.45, 7) is 5.10. The molecular formula is C28H37NO9. The number of carbonyl (C=O) groups is 2. The number of aliphatic hydroxyl groups is 2. The van der Waals surface area contributed by atoms with Crippen LogP contribution in [0.25, 0.3) is 0 Å². The molecule has 0 aromatic heterocycles. The highest BCUT2D eigenvalue weighted by Crippen LogP contribution is 2.55. The van der Waals surface area contributed by atoms with E-state index in [9.17, 15) is 24.9 Å². The van der Waals surface area contributed by atoms with Crippen molar-refractivity contribution in [3.05, 3.63) is 35.1 Å². The van der Waals surface area contributed by atoms with Gasteiger partial charge in [0.05, 0.1) is 30.6 Å². The molecule has 3 heterocycles. The molecule has 1 aromatic rings. The number of carboxylic acid groups (broad SMARTS) is 1. The van der Waals surface area contributed by atoms with Gasteiger partial charge in [0.1, 0.15) is 5.76 Å². The lowest BCUT2D eigenvalue weighted by atomic mass is 9.77. The van der Waals surface area contributed by atoms with Crippen LogP contribution in [0.3, 0.4) is 0 Å². The van der Waals surface area contributed by atoms with Crippen LogP contribution in [0.2, 0.25) is 0 Å². The number of carboxylic acids is 1. The maximum Gasteiger partial charge on any atom is 0.339 e. The average molecular weight is 532 g/mol. The molecule has 3 aliphatic heterocycles. The van der Waals surface area contributed by atoms with E-state index in [0.717, 1.165) is 43.5 Å². The summed E-state index contributed by atoms with van der Waals surface area (Å²) in [7, 11) is 1.53. The van der Waals surface area contributed by atoms with Gasteiger partial charge < -0.3 is 34.3 Å². The number of methoxy groups -OCH3 is 1. The molecule has 0 radical (unpaired) electrons. The fraction of sp³-hybridized carbons (Fsp3) is 0.643. The minimum Gasteiger partial charge on any atom is -0.497 e. The third-order valence-corrected chi connectivity index (χ3v) is 8.40. The number of ether oxygens (including phenoxy) is 4. The van der Waals surface area contributed by atoms with Crippen molar-refractivity contribution in [2.45, 2.75) is 87.6 Å². The lowest BCUT2D eigenvalue weighted by Crippen LogP contribution is -2.49. The Balaban J connectivity index is 1.50. The molecule has 1 fully saturated rings. The molecule has 3 unspecified atom stereocenters. The Bertz CT molecular complexity index is 1140. The lowest BCUT2D eigenvalue weighted by Gasteiger charge is -2.39. The first-order valence-electron chi connectivity index (χ1n) is 13.3. The van der Waals surface area contributed by atoms with Crippen molar-refractivity contribution < 1.29 is 43.9 Å². The van der Waals surface area contributed by atoms with E-state index in [1.165, 1.54) is 7.11 Å². The number of hydrogen-bond acceptors (Lipinski definition) is 9. The van der Waals surface area contributed by atoms with E-state index >= 15 is 0 Å². The van der Waals surface area contributed by atoms with E-state index in [1.807, 2.05) is 18.2 Å². The van der Waals surface area contributed by atoms with Crippen molar-refractivity contribution in [1.82, 2.24) is 4.90 Å². The van der Waals surface area contributed by atoms with Crippen molar-refractivity contribution in [1.29, 1.82) is 0 Å². The molecule has 0 bridgehead atoms. The number of fused-ring (bicyclic) bond motifs is 3. The van der Waals surface area contributed by atoms with Crippen molar-refractivity contribution in [3.8, 4) is 11.5 Å². The van der Waals surface area contributed by atoms with Gasteiger partial charge in [0.25, 0.3) is 0 Å². The van der Waals surface area contributed by atoms with E-state index < -0.39 is 41.2 Å². The smallest absolute Gasteiger partial charge is 0.339 e. The highest BCUT2D eigenvalue weighted by Gasteiger charge is 2.59. The van der Waals surface area contributed by atoms with Gasteiger partial charge in [0.15, 0.2) is 23.2 Å². The van der Waals surface area contributed by atoms with Crippen LogP contribution in [0.5, 0.6) is 11.5 Å². The number of hydrogen-bond donors (Lipinski definition) is 3. The van der Waals surface area contributed by atoms with Gasteiger partial charge >= 0.3 is 11.9 Å². The molecular weight excluding hydrogens is 494 g/mol. The zero-order valence-electron chi connectivity index (χ0n) is 22.2. The van der Waals surface area contributed by atoms with Crippen LogP contribution in [0.4, 0.5) is 0 Å². The number of aliphatic carboxylic acids is 1. The Morgan fingerprint density at radius 3 is 2.58 bits per heavy atom. The van der Waals surface area contributed by atoms with Crippen LogP contribution in [0.15, 0.2) is 24.0 Å². The predicted molar refractivity (Wildman–Crippen MR) is 135 cm³/mol. The molecule has 4 aliphatic rings. The number of nitrogens with zero attached hydrogens (tertiary/aromatic N) is 1. The normalized spacial score (nSPS) is 27.4. The summed E-state index contributed by atoms with van der Waals surface area (Å²) in [4.78, 5) is 27.6. The first-order chi connectivity index (χ1) is 18.0. The van der Waals surface area contributed by atoms with Crippen molar-refractivity contribution in [2.75, 3.05) is 27.0 Å². The molecule has 10 heteroatoms. The molecule has 10 nitrogen and oxygen atoms in total. The molecule has 38 heavy (non-hydrogen) atoms. The number of rotatable bonds is 9. The van der Waals surface area contributed by atoms with Crippen LogP contribution >= 0.6 is 0 Å². The van der Waals surface area contributed by atoms with Gasteiger partial charge in [-0.25, -0.2) is 4.79 Å². The third kappa shape index (κ3) is 4.74. The summed E-state index contributed by atoms with van der Waals surface area (Å²) >= 11 is 0. The number of esters is 1. The van der Waals surface area contributed by atoms with Crippen LogP contribution < -0.4 is 9.47 Å². The zero-order chi connectivity index (χ0) is 27.3. The van der Waals surface area contributed by atoms with E-state index in [4.69, 9.17) is 18.9 Å². The number of benzene rings is 1. The summed E-state index contributed by atoms with van der Waals surface area (Å²) in [5.41, 5.74) is -1.65. The molecule has 208 valence electrons. The second kappa shape index (κ2) is 9.73. The van der Waals surface area contributed by atoms with E-state index in [-0.39, 0.29) is 32.0 Å². The molecule has 1 aliphatic carbocycles. The minimum absolute atomic E-state index is 0.146. The summed E-state index contributed by atoms with van der Waals surface area (Å²) < 4.78 is 23.1. The van der Waals surface area contributed by atoms with Gasteiger partial charge in [-0.2, -0.15) is 0 Å². The Kier molecular flexibility index (Phi) is 6.86. The van der Waals surface area contributed by atoms with Gasteiger partial charge in [0, 0.05) is 6.54 Å². The highest BCUT2D eigenvalue weighted by atomic mass is 16.7. The topological polar surface area (TPSA) is 135 Å². The van der Waals surface area contributed by atoms with Crippen LogP contribution in [-0.4, -0.2) is 82.0 Å². The van der Waals surface area contributed by atoms with Crippen LogP contribution in [0.1, 0.15) is 69.4 Å². The van der Waals surface area contributed by atoms with Gasteiger partial charge in [0.2, 0.25) is 6.79 Å². The average Bonchev–Trinajstić information content (AvgIpc) is 3.51. The Labute approximate surface area is 222 Å². The molecule has 1 aromatic carbocycles. The second-order valence-corrected chi connectivity index (χ2v) is 11.6. The second-order valence-electron chi connectivity index (χ2n) is 11.6. The first-order valence-corrected chi connectivity index (χ1v) is 13.3. The number of carbonyl (C=O) groups excluding carboxylic acids is 1. The van der Waals surface area contributed by atoms with Crippen molar-refractivity contribution in [3.63, 3.8) is 0 Å². The molecule has 1 spiro atoms. The molecule has 0 saturated carbocycles. The fourth-order valence-corrected chi connectivity index (χ4v) is 6.65. The molecule has 5 rings (SSSR count). The van der Waals surface area contributed by atoms with Crippen LogP contribution in [-0.2, 0) is 25.5 Å². The standard InChI is InChI=1S/C28H37NO9/c1-26(2,33)7-4-9-28(34,15-22(30)31)25(32)38-24-21(35-3)14-27-8-5-10-29(27)11-6-17-12-19-20(37-16-36-19)13-18(17)23(24)27/h12-14,23-24,33-34H,4-11,15-16H2,1-3H3,(H,30,31)/t23?,24?,27?,28-/m0/s1. The third-order valence-electron chi connectivity index (χ3n) is 8.40. The molecule has 1 saturated heterocycles. The van der Waals surface area contributed by atoms with Gasteiger partial charge in [-0.1, -0.05) is 0 Å². The van der Waals surface area contributed by atoms with E-state index in [1.54, 1.807) is 13.8 Å². The summed E-state index contributed by atoms with van der Waals surface area (Å²) in [6, 6.07) is 3.96. The Morgan fingerprint density at radius 1 is 1.16 bits per heavy atom. The lowest BCUT2D eigenvalue weighted by molar-refractivity contribution is -0.178. The summed E-state index contributed by atoms with van der Waals surface area (Å²) in [5.74, 6) is -0.843. The highest BCUT2D eigenvalue weighted by molar-refractivity contribution is 5.85. The monoisotopic (exact) mass is 531 g/mol. The van der Waals surface area contributed by atoms with Gasteiger partial charge in [-0.3, -0.25) is 9.69 Å². The van der Waals surface area contributed by atoms with Crippen LogP contribution in [0, 0.1) is 0 Å². The minimum atomic E-state index is -2.25. The predicted octanol–water partition coefficient (Wildman–Crippen LogP) is 2.49. The SMILES string of the molecule is COC1=CC23CCCN2CCc2cc4c(cc2C3C1OC(=O)[C@](O)(CCCC(C)(C)O)CC(=O)O)OCO4. The maximum atomic E-state index is 13.6. The maximum absolute atomic E-state index is 13.6. The van der Waals surface area contributed by atoms with Crippen molar-refractivity contribution in [2.24, 2.45) is 0 Å². The quantitative estimate of drug-likeness (QED) is 0.408. The Hall–Kier alpha value is -2.82. The Morgan fingerprint density at radius 2 is 1.89 bits per heavy atom. The molecule has 0 amide bonds.